The molecule has 0 amide bonds. The maximum Gasteiger partial charge on any atom is 0.416 e. The zero-order valence-electron chi connectivity index (χ0n) is 16.5. The highest BCUT2D eigenvalue weighted by atomic mass is 32.2. The van der Waals surface area contributed by atoms with E-state index in [0.717, 1.165) is 24.3 Å². The Balaban J connectivity index is 1.48. The van der Waals surface area contributed by atoms with Crippen molar-refractivity contribution < 1.29 is 21.6 Å². The predicted molar refractivity (Wildman–Crippen MR) is 106 cm³/mol. The molecule has 1 aromatic carbocycles. The largest absolute Gasteiger partial charge is 0.416 e. The summed E-state index contributed by atoms with van der Waals surface area (Å²) < 4.78 is 66.8. The first kappa shape index (κ1) is 21.2. The van der Waals surface area contributed by atoms with Crippen molar-refractivity contribution in [3.05, 3.63) is 60.2 Å². The maximum absolute atomic E-state index is 12.8. The summed E-state index contributed by atoms with van der Waals surface area (Å²) in [6.07, 6.45) is -1.11. The average molecular weight is 452 g/mol. The van der Waals surface area contributed by atoms with Crippen LogP contribution in [0, 0.1) is 6.92 Å². The van der Waals surface area contributed by atoms with Crippen molar-refractivity contribution in [3.63, 3.8) is 0 Å². The highest BCUT2D eigenvalue weighted by Crippen LogP contribution is 2.30. The Bertz CT molecular complexity index is 1160. The fourth-order valence-electron chi connectivity index (χ4n) is 3.34. The summed E-state index contributed by atoms with van der Waals surface area (Å²) in [6.45, 7) is 2.90. The number of sulfonamides is 1. The molecule has 1 aliphatic rings. The molecule has 0 aliphatic carbocycles. The lowest BCUT2D eigenvalue weighted by atomic mass is 10.2. The van der Waals surface area contributed by atoms with Gasteiger partial charge in [-0.3, -0.25) is 0 Å². The minimum absolute atomic E-state index is 0.159. The van der Waals surface area contributed by atoms with E-state index in [1.165, 1.54) is 4.31 Å². The minimum Gasteiger partial charge on any atom is -0.354 e. The van der Waals surface area contributed by atoms with Crippen LogP contribution < -0.4 is 4.90 Å². The van der Waals surface area contributed by atoms with Gasteiger partial charge in [0.15, 0.2) is 5.82 Å². The summed E-state index contributed by atoms with van der Waals surface area (Å²) in [4.78, 5) is 10.6. The summed E-state index contributed by atoms with van der Waals surface area (Å²) in [5.41, 5.74) is -0.886. The Morgan fingerprint density at radius 1 is 0.968 bits per heavy atom. The Morgan fingerprint density at radius 3 is 2.19 bits per heavy atom. The van der Waals surface area contributed by atoms with E-state index in [0.29, 0.717) is 30.5 Å². The Labute approximate surface area is 177 Å². The molecule has 0 spiro atoms. The summed E-state index contributed by atoms with van der Waals surface area (Å²) >= 11 is 0. The van der Waals surface area contributed by atoms with Crippen LogP contribution in [0.15, 0.2) is 53.7 Å². The topological polar surface area (TPSA) is 84.2 Å². The first-order valence-corrected chi connectivity index (χ1v) is 10.9. The van der Waals surface area contributed by atoms with Crippen molar-refractivity contribution in [1.29, 1.82) is 0 Å². The van der Waals surface area contributed by atoms with Crippen LogP contribution in [-0.2, 0) is 16.2 Å². The molecule has 0 bridgehead atoms. The second-order valence-corrected chi connectivity index (χ2v) is 8.93. The van der Waals surface area contributed by atoms with Crippen LogP contribution in [0.3, 0.4) is 0 Å². The van der Waals surface area contributed by atoms with Crippen LogP contribution in [0.2, 0.25) is 0 Å². The van der Waals surface area contributed by atoms with Gasteiger partial charge in [-0.25, -0.2) is 23.1 Å². The van der Waals surface area contributed by atoms with Crippen molar-refractivity contribution >= 4 is 15.8 Å². The van der Waals surface area contributed by atoms with Gasteiger partial charge in [0.05, 0.1) is 10.5 Å². The van der Waals surface area contributed by atoms with Gasteiger partial charge in [-0.2, -0.15) is 22.6 Å². The van der Waals surface area contributed by atoms with Gasteiger partial charge in [-0.05, 0) is 37.3 Å². The first-order valence-electron chi connectivity index (χ1n) is 9.43. The molecule has 1 saturated heterocycles. The van der Waals surface area contributed by atoms with Gasteiger partial charge in [0.2, 0.25) is 10.0 Å². The van der Waals surface area contributed by atoms with Crippen LogP contribution >= 0.6 is 0 Å². The number of rotatable bonds is 4. The van der Waals surface area contributed by atoms with Crippen LogP contribution in [0.1, 0.15) is 11.4 Å². The van der Waals surface area contributed by atoms with Gasteiger partial charge < -0.3 is 4.90 Å². The van der Waals surface area contributed by atoms with Crippen LogP contribution in [0.4, 0.5) is 19.0 Å². The monoisotopic (exact) mass is 452 g/mol. The van der Waals surface area contributed by atoms with E-state index in [9.17, 15) is 21.6 Å². The van der Waals surface area contributed by atoms with Crippen molar-refractivity contribution in [2.45, 2.75) is 18.0 Å². The molecule has 164 valence electrons. The standard InChI is InChI=1S/C19H19F3N6O2S/c1-14-24-17(13-18(25-14)28-8-2-7-23-28)26-9-11-27(12-10-26)31(29,30)16-5-3-15(4-6-16)19(20,21)22/h2-8,13H,9-12H2,1H3. The highest BCUT2D eigenvalue weighted by molar-refractivity contribution is 7.89. The number of anilines is 1. The predicted octanol–water partition coefficient (Wildman–Crippen LogP) is 2.50. The van der Waals surface area contributed by atoms with E-state index in [1.54, 1.807) is 36.1 Å². The number of hydrogen-bond donors (Lipinski definition) is 0. The maximum atomic E-state index is 12.8. The number of aromatic nitrogens is 4. The normalized spacial score (nSPS) is 15.9. The lowest BCUT2D eigenvalue weighted by Gasteiger charge is -2.34. The number of nitrogens with zero attached hydrogens (tertiary/aromatic N) is 6. The number of alkyl halides is 3. The summed E-state index contributed by atoms with van der Waals surface area (Å²) in [5.74, 6) is 1.82. The van der Waals surface area contributed by atoms with Crippen molar-refractivity contribution in [2.24, 2.45) is 0 Å². The summed E-state index contributed by atoms with van der Waals surface area (Å²) in [7, 11) is -3.89. The lowest BCUT2D eigenvalue weighted by Crippen LogP contribution is -2.49. The van der Waals surface area contributed by atoms with Gasteiger partial charge >= 0.3 is 6.18 Å². The second kappa shape index (κ2) is 7.93. The number of piperazine rings is 1. The molecule has 0 saturated carbocycles. The fraction of sp³-hybridized carbons (Fsp3) is 0.316. The minimum atomic E-state index is -4.52. The molecule has 1 fully saturated rings. The quantitative estimate of drug-likeness (QED) is 0.605. The third-order valence-electron chi connectivity index (χ3n) is 4.93. The Morgan fingerprint density at radius 2 is 1.61 bits per heavy atom. The number of benzene rings is 1. The van der Waals surface area contributed by atoms with E-state index >= 15 is 0 Å². The molecule has 0 unspecified atom stereocenters. The van der Waals surface area contributed by atoms with Crippen LogP contribution in [0.5, 0.6) is 0 Å². The van der Waals surface area contributed by atoms with E-state index in [4.69, 9.17) is 0 Å². The van der Waals surface area contributed by atoms with E-state index < -0.39 is 21.8 Å². The number of aryl methyl sites for hydroxylation is 1. The molecule has 3 heterocycles. The molecular formula is C19H19F3N6O2S. The molecule has 4 rings (SSSR count). The van der Waals surface area contributed by atoms with E-state index in [1.807, 2.05) is 4.90 Å². The van der Waals surface area contributed by atoms with Crippen LogP contribution in [-0.4, -0.2) is 58.7 Å². The van der Waals surface area contributed by atoms with E-state index in [2.05, 4.69) is 15.1 Å². The van der Waals surface area contributed by atoms with Crippen molar-refractivity contribution in [2.75, 3.05) is 31.1 Å². The molecule has 0 atom stereocenters. The Hall–Kier alpha value is -2.99. The first-order chi connectivity index (χ1) is 14.6. The fourth-order valence-corrected chi connectivity index (χ4v) is 4.76. The molecule has 1 aliphatic heterocycles. The molecule has 3 aromatic rings. The third-order valence-corrected chi connectivity index (χ3v) is 6.84. The van der Waals surface area contributed by atoms with Crippen LogP contribution in [0.25, 0.3) is 5.82 Å². The number of halogens is 3. The van der Waals surface area contributed by atoms with Gasteiger partial charge in [0, 0.05) is 44.6 Å². The van der Waals surface area contributed by atoms with Crippen molar-refractivity contribution in [3.8, 4) is 5.82 Å². The van der Waals surface area contributed by atoms with Gasteiger partial charge in [-0.15, -0.1) is 0 Å². The molecule has 0 N–H and O–H groups in total. The Kier molecular flexibility index (Phi) is 5.43. The third kappa shape index (κ3) is 4.39. The zero-order chi connectivity index (χ0) is 22.2. The molecular weight excluding hydrogens is 433 g/mol. The van der Waals surface area contributed by atoms with E-state index in [-0.39, 0.29) is 18.0 Å². The average Bonchev–Trinajstić information content (AvgIpc) is 3.28. The highest BCUT2D eigenvalue weighted by Gasteiger charge is 2.32. The lowest BCUT2D eigenvalue weighted by molar-refractivity contribution is -0.137. The second-order valence-electron chi connectivity index (χ2n) is 7.00. The summed E-state index contributed by atoms with van der Waals surface area (Å²) in [5, 5.41) is 4.16. The van der Waals surface area contributed by atoms with Gasteiger partial charge in [0.25, 0.3) is 0 Å². The number of hydrogen-bond acceptors (Lipinski definition) is 6. The molecule has 8 nitrogen and oxygen atoms in total. The summed E-state index contributed by atoms with van der Waals surface area (Å²) in [6, 6.07) is 7.11. The zero-order valence-corrected chi connectivity index (χ0v) is 17.3. The SMILES string of the molecule is Cc1nc(N2CCN(S(=O)(=O)c3ccc(C(F)(F)F)cc3)CC2)cc(-n2cccn2)n1. The molecule has 12 heteroatoms. The molecule has 31 heavy (non-hydrogen) atoms. The van der Waals surface area contributed by atoms with Gasteiger partial charge in [0.1, 0.15) is 11.6 Å². The molecule has 0 radical (unpaired) electrons. The van der Waals surface area contributed by atoms with Gasteiger partial charge in [-0.1, -0.05) is 0 Å². The molecule has 2 aromatic heterocycles. The smallest absolute Gasteiger partial charge is 0.354 e. The van der Waals surface area contributed by atoms with Crippen molar-refractivity contribution in [1.82, 2.24) is 24.1 Å².